The molecule has 0 spiro atoms. The van der Waals surface area contributed by atoms with E-state index in [2.05, 4.69) is 33.6 Å². The van der Waals surface area contributed by atoms with Crippen LogP contribution in [0.3, 0.4) is 0 Å². The predicted molar refractivity (Wildman–Crippen MR) is 171 cm³/mol. The summed E-state index contributed by atoms with van der Waals surface area (Å²) in [4.78, 5) is 23.8. The number of benzene rings is 1. The SMILES string of the molecule is CCc1cc(O)ccc1NC(=NC)c1cnn2cc(-c3cnccc3C)cc2c1NC[C@H]1CCCN1C(=O)OC(C)(C)C. The Labute approximate surface area is 252 Å². The molecule has 0 bridgehead atoms. The third kappa shape index (κ3) is 6.58. The van der Waals surface area contributed by atoms with Crippen LogP contribution in [-0.2, 0) is 11.2 Å². The molecule has 1 aliphatic heterocycles. The van der Waals surface area contributed by atoms with Crippen LogP contribution in [0.4, 0.5) is 16.2 Å². The summed E-state index contributed by atoms with van der Waals surface area (Å²) in [6.07, 6.45) is 9.72. The van der Waals surface area contributed by atoms with Gasteiger partial charge in [0.15, 0.2) is 0 Å². The number of amidine groups is 1. The summed E-state index contributed by atoms with van der Waals surface area (Å²) in [6, 6.07) is 9.36. The molecule has 1 aromatic carbocycles. The van der Waals surface area contributed by atoms with Crippen LogP contribution in [0.15, 0.2) is 60.1 Å². The van der Waals surface area contributed by atoms with Crippen molar-refractivity contribution in [1.29, 1.82) is 0 Å². The number of hydrogen-bond donors (Lipinski definition) is 3. The lowest BCUT2D eigenvalue weighted by molar-refractivity contribution is 0.0235. The fourth-order valence-corrected chi connectivity index (χ4v) is 5.53. The maximum absolute atomic E-state index is 13.0. The van der Waals surface area contributed by atoms with E-state index in [0.29, 0.717) is 18.9 Å². The number of aromatic hydroxyl groups is 1. The summed E-state index contributed by atoms with van der Waals surface area (Å²) in [5.74, 6) is 0.856. The monoisotopic (exact) mass is 583 g/mol. The molecule has 1 saturated heterocycles. The van der Waals surface area contributed by atoms with Gasteiger partial charge in [0.05, 0.1) is 29.0 Å². The van der Waals surface area contributed by atoms with Crippen LogP contribution in [0.5, 0.6) is 5.75 Å². The molecule has 1 aliphatic rings. The minimum absolute atomic E-state index is 0.0234. The molecule has 226 valence electrons. The van der Waals surface area contributed by atoms with Gasteiger partial charge in [0.1, 0.15) is 17.2 Å². The summed E-state index contributed by atoms with van der Waals surface area (Å²) < 4.78 is 7.57. The molecule has 43 heavy (non-hydrogen) atoms. The summed E-state index contributed by atoms with van der Waals surface area (Å²) in [5.41, 5.74) is 6.96. The van der Waals surface area contributed by atoms with E-state index in [4.69, 9.17) is 9.84 Å². The van der Waals surface area contributed by atoms with E-state index < -0.39 is 5.60 Å². The van der Waals surface area contributed by atoms with Crippen molar-refractivity contribution in [3.8, 4) is 16.9 Å². The van der Waals surface area contributed by atoms with Gasteiger partial charge in [0.2, 0.25) is 0 Å². The van der Waals surface area contributed by atoms with Crippen molar-refractivity contribution in [2.45, 2.75) is 65.5 Å². The number of rotatable bonds is 7. The van der Waals surface area contributed by atoms with Gasteiger partial charge in [-0.05, 0) is 88.4 Å². The van der Waals surface area contributed by atoms with E-state index in [9.17, 15) is 9.90 Å². The second-order valence-electron chi connectivity index (χ2n) is 11.9. The molecular weight excluding hydrogens is 542 g/mol. The highest BCUT2D eigenvalue weighted by Crippen LogP contribution is 2.32. The van der Waals surface area contributed by atoms with E-state index in [0.717, 1.165) is 64.0 Å². The maximum Gasteiger partial charge on any atom is 0.410 e. The molecule has 0 aliphatic carbocycles. The standard InChI is InChI=1S/C33H41N7O3/c1-7-22-15-25(41)10-11-28(22)38-31(34-6)27-19-37-40-20-23(26-18-35-13-12-21(26)2)16-29(40)30(27)36-17-24-9-8-14-39(24)32(42)43-33(3,4)5/h10-13,15-16,18-20,24,36,41H,7-9,14,17H2,1-6H3,(H,34,38)/t24-/m1/s1. The normalized spacial score (nSPS) is 15.6. The number of pyridine rings is 1. The lowest BCUT2D eigenvalue weighted by Gasteiger charge is -2.29. The van der Waals surface area contributed by atoms with Crippen molar-refractivity contribution in [2.75, 3.05) is 30.8 Å². The van der Waals surface area contributed by atoms with Gasteiger partial charge in [-0.2, -0.15) is 5.10 Å². The second-order valence-corrected chi connectivity index (χ2v) is 11.9. The first-order chi connectivity index (χ1) is 20.6. The average molecular weight is 584 g/mol. The molecule has 5 rings (SSSR count). The van der Waals surface area contributed by atoms with Crippen LogP contribution in [0, 0.1) is 6.92 Å². The molecule has 10 heteroatoms. The number of phenols is 1. The van der Waals surface area contributed by atoms with Crippen LogP contribution in [0.25, 0.3) is 16.6 Å². The van der Waals surface area contributed by atoms with Crippen molar-refractivity contribution in [3.05, 3.63) is 71.8 Å². The van der Waals surface area contributed by atoms with Crippen LogP contribution >= 0.6 is 0 Å². The van der Waals surface area contributed by atoms with Gasteiger partial charge in [-0.25, -0.2) is 9.31 Å². The Kier molecular flexibility index (Phi) is 8.57. The Hall–Kier alpha value is -4.60. The molecule has 1 atom stereocenters. The number of carbonyl (C=O) groups excluding carboxylic acids is 1. The number of aryl methyl sites for hydroxylation is 2. The Morgan fingerprint density at radius 2 is 2.02 bits per heavy atom. The first-order valence-corrected chi connectivity index (χ1v) is 14.8. The number of amides is 1. The Morgan fingerprint density at radius 3 is 2.74 bits per heavy atom. The molecular formula is C33H41N7O3. The van der Waals surface area contributed by atoms with Crippen molar-refractivity contribution in [3.63, 3.8) is 0 Å². The highest BCUT2D eigenvalue weighted by atomic mass is 16.6. The van der Waals surface area contributed by atoms with Crippen LogP contribution in [0.1, 0.15) is 57.2 Å². The third-order valence-corrected chi connectivity index (χ3v) is 7.71. The Balaban J connectivity index is 1.54. The number of nitrogens with one attached hydrogen (secondary N) is 2. The zero-order valence-corrected chi connectivity index (χ0v) is 25.8. The lowest BCUT2D eigenvalue weighted by Crippen LogP contribution is -2.42. The van der Waals surface area contributed by atoms with Gasteiger partial charge in [-0.3, -0.25) is 9.98 Å². The van der Waals surface area contributed by atoms with Gasteiger partial charge in [-0.1, -0.05) is 6.92 Å². The van der Waals surface area contributed by atoms with Gasteiger partial charge in [-0.15, -0.1) is 0 Å². The summed E-state index contributed by atoms with van der Waals surface area (Å²) >= 11 is 0. The molecule has 1 amide bonds. The Bertz CT molecular complexity index is 1650. The first-order valence-electron chi connectivity index (χ1n) is 14.8. The minimum Gasteiger partial charge on any atom is -0.508 e. The number of aliphatic imine (C=N–C) groups is 1. The average Bonchev–Trinajstić information content (AvgIpc) is 3.62. The summed E-state index contributed by atoms with van der Waals surface area (Å²) in [6.45, 7) is 11.0. The number of fused-ring (bicyclic) bond motifs is 1. The number of aromatic nitrogens is 3. The largest absolute Gasteiger partial charge is 0.508 e. The molecule has 0 unspecified atom stereocenters. The van der Waals surface area contributed by atoms with Gasteiger partial charge >= 0.3 is 6.09 Å². The van der Waals surface area contributed by atoms with E-state index in [1.54, 1.807) is 31.6 Å². The molecule has 3 aromatic heterocycles. The van der Waals surface area contributed by atoms with Crippen molar-refractivity contribution < 1.29 is 14.6 Å². The smallest absolute Gasteiger partial charge is 0.410 e. The van der Waals surface area contributed by atoms with Crippen LogP contribution < -0.4 is 10.6 Å². The maximum atomic E-state index is 13.0. The molecule has 0 saturated carbocycles. The Morgan fingerprint density at radius 1 is 1.21 bits per heavy atom. The van der Waals surface area contributed by atoms with Crippen molar-refractivity contribution in [2.24, 2.45) is 4.99 Å². The second kappa shape index (κ2) is 12.3. The number of hydrogen-bond acceptors (Lipinski definition) is 7. The van der Waals surface area contributed by atoms with Gasteiger partial charge in [0, 0.05) is 55.5 Å². The first kappa shape index (κ1) is 29.9. The highest BCUT2D eigenvalue weighted by Gasteiger charge is 2.32. The number of nitrogens with zero attached hydrogens (tertiary/aromatic N) is 5. The molecule has 1 fully saturated rings. The van der Waals surface area contributed by atoms with Gasteiger partial charge < -0.3 is 25.4 Å². The van der Waals surface area contributed by atoms with E-state index in [-0.39, 0.29) is 17.9 Å². The molecule has 4 heterocycles. The van der Waals surface area contributed by atoms with E-state index in [1.807, 2.05) is 61.6 Å². The minimum atomic E-state index is -0.557. The predicted octanol–water partition coefficient (Wildman–Crippen LogP) is 6.27. The quantitative estimate of drug-likeness (QED) is 0.133. The number of phenolic OH excluding ortho intramolecular Hbond substituents is 1. The van der Waals surface area contributed by atoms with Gasteiger partial charge in [0.25, 0.3) is 0 Å². The fraction of sp³-hybridized carbons (Fsp3) is 0.394. The number of ether oxygens (including phenoxy) is 1. The lowest BCUT2D eigenvalue weighted by atomic mass is 10.1. The van der Waals surface area contributed by atoms with E-state index >= 15 is 0 Å². The molecule has 10 nitrogen and oxygen atoms in total. The zero-order valence-electron chi connectivity index (χ0n) is 25.8. The number of likely N-dealkylation sites (tertiary alicyclic amines) is 1. The van der Waals surface area contributed by atoms with Crippen LogP contribution in [-0.4, -0.2) is 68.3 Å². The molecule has 3 N–H and O–H groups in total. The summed E-state index contributed by atoms with van der Waals surface area (Å²) in [7, 11) is 1.74. The fourth-order valence-electron chi connectivity index (χ4n) is 5.53. The van der Waals surface area contributed by atoms with E-state index in [1.165, 1.54) is 0 Å². The molecule has 0 radical (unpaired) electrons. The van der Waals surface area contributed by atoms with Crippen molar-refractivity contribution >= 4 is 28.8 Å². The molecule has 4 aromatic rings. The summed E-state index contributed by atoms with van der Waals surface area (Å²) in [5, 5.41) is 21.9. The van der Waals surface area contributed by atoms with Crippen molar-refractivity contribution in [1.82, 2.24) is 19.5 Å². The topological polar surface area (TPSA) is 116 Å². The zero-order chi connectivity index (χ0) is 30.7. The third-order valence-electron chi connectivity index (χ3n) is 7.71. The highest BCUT2D eigenvalue weighted by molar-refractivity contribution is 6.13. The van der Waals surface area contributed by atoms with Crippen LogP contribution in [0.2, 0.25) is 0 Å². The number of anilines is 2. The number of carbonyl (C=O) groups is 1.